The molecule has 3 N–H and O–H groups in total. The Bertz CT molecular complexity index is 1060. The molecule has 6 heteroatoms. The Morgan fingerprint density at radius 1 is 1.12 bits per heavy atom. The van der Waals surface area contributed by atoms with Gasteiger partial charge in [0.25, 0.3) is 5.91 Å². The largest absolute Gasteiger partial charge is 0.504 e. The fourth-order valence-electron chi connectivity index (χ4n) is 2.53. The van der Waals surface area contributed by atoms with Crippen LogP contribution in [0.4, 0.5) is 5.69 Å². The van der Waals surface area contributed by atoms with Gasteiger partial charge < -0.3 is 15.5 Å². The summed E-state index contributed by atoms with van der Waals surface area (Å²) in [5.41, 5.74) is 0.731. The lowest BCUT2D eigenvalue weighted by Gasteiger charge is -2.08. The van der Waals surface area contributed by atoms with Gasteiger partial charge in [-0.2, -0.15) is 5.26 Å². The molecule has 0 aliphatic rings. The summed E-state index contributed by atoms with van der Waals surface area (Å²) in [5, 5.41) is 32.9. The average molecular weight is 365 g/mol. The zero-order chi connectivity index (χ0) is 18.7. The van der Waals surface area contributed by atoms with Gasteiger partial charge in [-0.15, -0.1) is 0 Å². The Morgan fingerprint density at radius 2 is 1.85 bits per heavy atom. The van der Waals surface area contributed by atoms with Gasteiger partial charge in [0, 0.05) is 11.1 Å². The van der Waals surface area contributed by atoms with Crippen molar-refractivity contribution in [2.24, 2.45) is 0 Å². The molecule has 5 nitrogen and oxygen atoms in total. The number of benzene rings is 3. The number of rotatable bonds is 3. The SMILES string of the molecule is N#C/C(=C\c1cc(O)c(O)c(Cl)c1)C(=O)Nc1cccc2ccccc12. The first-order valence-electron chi connectivity index (χ1n) is 7.62. The standard InChI is InChI=1S/C20H13ClN2O3/c21-16-9-12(10-18(24)19(16)25)8-14(11-22)20(26)23-17-7-3-5-13-4-1-2-6-15(13)17/h1-10,24-25H,(H,23,26)/b14-8+. The van der Waals surface area contributed by atoms with Gasteiger partial charge in [0.1, 0.15) is 11.6 Å². The molecule has 0 saturated carbocycles. The quantitative estimate of drug-likeness (QED) is 0.363. The van der Waals surface area contributed by atoms with E-state index in [1.54, 1.807) is 6.07 Å². The first-order chi connectivity index (χ1) is 12.5. The summed E-state index contributed by atoms with van der Waals surface area (Å²) in [5.74, 6) is -1.48. The maximum Gasteiger partial charge on any atom is 0.266 e. The minimum absolute atomic E-state index is 0.0806. The predicted octanol–water partition coefficient (Wildman–Crippen LogP) is 4.45. The smallest absolute Gasteiger partial charge is 0.266 e. The highest BCUT2D eigenvalue weighted by Gasteiger charge is 2.13. The number of halogens is 1. The highest BCUT2D eigenvalue weighted by atomic mass is 35.5. The van der Waals surface area contributed by atoms with Crippen LogP contribution in [0.2, 0.25) is 5.02 Å². The van der Waals surface area contributed by atoms with E-state index in [0.29, 0.717) is 11.3 Å². The number of carbonyl (C=O) groups is 1. The molecule has 0 radical (unpaired) electrons. The van der Waals surface area contributed by atoms with Crippen LogP contribution >= 0.6 is 11.6 Å². The topological polar surface area (TPSA) is 93.3 Å². The number of amides is 1. The summed E-state index contributed by atoms with van der Waals surface area (Å²) in [6.45, 7) is 0. The maximum atomic E-state index is 12.5. The number of hydrogen-bond donors (Lipinski definition) is 3. The van der Waals surface area contributed by atoms with Crippen LogP contribution in [0.3, 0.4) is 0 Å². The van der Waals surface area contributed by atoms with Crippen LogP contribution in [0.25, 0.3) is 16.8 Å². The van der Waals surface area contributed by atoms with E-state index < -0.39 is 17.4 Å². The van der Waals surface area contributed by atoms with E-state index in [0.717, 1.165) is 10.8 Å². The minimum atomic E-state index is -0.590. The number of phenolic OH excluding ortho intramolecular Hbond substituents is 2. The van der Waals surface area contributed by atoms with Gasteiger partial charge >= 0.3 is 0 Å². The van der Waals surface area contributed by atoms with Gasteiger partial charge in [0.05, 0.1) is 5.02 Å². The molecule has 3 aromatic carbocycles. The molecule has 0 unspecified atom stereocenters. The van der Waals surface area contributed by atoms with Crippen molar-refractivity contribution in [2.45, 2.75) is 0 Å². The Morgan fingerprint density at radius 3 is 2.58 bits per heavy atom. The van der Waals surface area contributed by atoms with Crippen LogP contribution in [0.15, 0.2) is 60.2 Å². The predicted molar refractivity (Wildman–Crippen MR) is 101 cm³/mol. The molecular weight excluding hydrogens is 352 g/mol. The Balaban J connectivity index is 1.93. The summed E-state index contributed by atoms with van der Waals surface area (Å²) in [6, 6.07) is 17.4. The van der Waals surface area contributed by atoms with Gasteiger partial charge in [-0.05, 0) is 35.2 Å². The van der Waals surface area contributed by atoms with E-state index in [2.05, 4.69) is 5.32 Å². The number of nitrogens with one attached hydrogen (secondary N) is 1. The lowest BCUT2D eigenvalue weighted by molar-refractivity contribution is -0.112. The molecule has 0 bridgehead atoms. The van der Waals surface area contributed by atoms with Crippen molar-refractivity contribution in [1.29, 1.82) is 5.26 Å². The lowest BCUT2D eigenvalue weighted by atomic mass is 10.1. The number of fused-ring (bicyclic) bond motifs is 1. The molecule has 3 aromatic rings. The van der Waals surface area contributed by atoms with E-state index >= 15 is 0 Å². The molecule has 0 heterocycles. The summed E-state index contributed by atoms with van der Waals surface area (Å²) < 4.78 is 0. The van der Waals surface area contributed by atoms with Crippen molar-refractivity contribution in [1.82, 2.24) is 0 Å². The molecule has 0 aromatic heterocycles. The van der Waals surface area contributed by atoms with Crippen LogP contribution < -0.4 is 5.32 Å². The summed E-state index contributed by atoms with van der Waals surface area (Å²) in [7, 11) is 0. The lowest BCUT2D eigenvalue weighted by Crippen LogP contribution is -2.13. The first kappa shape index (κ1) is 17.3. The van der Waals surface area contributed by atoms with Gasteiger partial charge in [-0.1, -0.05) is 48.0 Å². The van der Waals surface area contributed by atoms with E-state index in [4.69, 9.17) is 11.6 Å². The summed E-state index contributed by atoms with van der Waals surface area (Å²) in [4.78, 5) is 12.5. The van der Waals surface area contributed by atoms with Crippen LogP contribution in [0.1, 0.15) is 5.56 Å². The second-order valence-corrected chi connectivity index (χ2v) is 5.93. The number of phenols is 2. The second kappa shape index (κ2) is 7.18. The Hall–Kier alpha value is -3.49. The summed E-state index contributed by atoms with van der Waals surface area (Å²) >= 11 is 5.80. The fourth-order valence-corrected chi connectivity index (χ4v) is 2.75. The van der Waals surface area contributed by atoms with Crippen molar-refractivity contribution in [2.75, 3.05) is 5.32 Å². The first-order valence-corrected chi connectivity index (χ1v) is 8.00. The molecule has 0 spiro atoms. The van der Waals surface area contributed by atoms with E-state index in [9.17, 15) is 20.3 Å². The summed E-state index contributed by atoms with van der Waals surface area (Å²) in [6.07, 6.45) is 1.28. The van der Waals surface area contributed by atoms with Crippen molar-refractivity contribution in [3.8, 4) is 17.6 Å². The third-order valence-corrected chi connectivity index (χ3v) is 4.07. The maximum absolute atomic E-state index is 12.5. The number of carbonyl (C=O) groups excluding carboxylic acids is 1. The fraction of sp³-hybridized carbons (Fsp3) is 0. The second-order valence-electron chi connectivity index (χ2n) is 5.52. The normalized spacial score (nSPS) is 11.2. The van der Waals surface area contributed by atoms with Crippen LogP contribution in [0.5, 0.6) is 11.5 Å². The number of nitriles is 1. The van der Waals surface area contributed by atoms with E-state index in [-0.39, 0.29) is 10.6 Å². The van der Waals surface area contributed by atoms with Gasteiger partial charge in [0.15, 0.2) is 11.5 Å². The van der Waals surface area contributed by atoms with E-state index in [1.807, 2.05) is 42.5 Å². The molecule has 3 rings (SSSR count). The number of nitrogens with zero attached hydrogens (tertiary/aromatic N) is 1. The molecule has 0 saturated heterocycles. The molecule has 0 aliphatic carbocycles. The third-order valence-electron chi connectivity index (χ3n) is 3.78. The van der Waals surface area contributed by atoms with Crippen molar-refractivity contribution in [3.05, 3.63) is 70.8 Å². The molecule has 0 aliphatic heterocycles. The van der Waals surface area contributed by atoms with Gasteiger partial charge in [0.2, 0.25) is 0 Å². The molecule has 128 valence electrons. The molecule has 0 fully saturated rings. The van der Waals surface area contributed by atoms with Gasteiger partial charge in [-0.25, -0.2) is 0 Å². The number of hydrogen-bond acceptors (Lipinski definition) is 4. The number of aromatic hydroxyl groups is 2. The van der Waals surface area contributed by atoms with Crippen LogP contribution in [-0.4, -0.2) is 16.1 Å². The van der Waals surface area contributed by atoms with Gasteiger partial charge in [-0.3, -0.25) is 4.79 Å². The monoisotopic (exact) mass is 364 g/mol. The highest BCUT2D eigenvalue weighted by molar-refractivity contribution is 6.32. The Labute approximate surface area is 154 Å². The molecular formula is C20H13ClN2O3. The van der Waals surface area contributed by atoms with Crippen molar-refractivity contribution >= 4 is 40.0 Å². The Kier molecular flexibility index (Phi) is 4.78. The zero-order valence-corrected chi connectivity index (χ0v) is 14.2. The molecule has 1 amide bonds. The third kappa shape index (κ3) is 3.46. The number of anilines is 1. The zero-order valence-electron chi connectivity index (χ0n) is 13.4. The van der Waals surface area contributed by atoms with Crippen molar-refractivity contribution < 1.29 is 15.0 Å². The van der Waals surface area contributed by atoms with Crippen LogP contribution in [0, 0.1) is 11.3 Å². The average Bonchev–Trinajstić information content (AvgIpc) is 2.64. The highest BCUT2D eigenvalue weighted by Crippen LogP contribution is 2.34. The van der Waals surface area contributed by atoms with Crippen LogP contribution in [-0.2, 0) is 4.79 Å². The molecule has 0 atom stereocenters. The minimum Gasteiger partial charge on any atom is -0.504 e. The molecule has 26 heavy (non-hydrogen) atoms. The van der Waals surface area contributed by atoms with E-state index in [1.165, 1.54) is 18.2 Å². The van der Waals surface area contributed by atoms with Crippen molar-refractivity contribution in [3.63, 3.8) is 0 Å².